The van der Waals surface area contributed by atoms with Gasteiger partial charge in [-0.2, -0.15) is 0 Å². The van der Waals surface area contributed by atoms with Gasteiger partial charge in [0.25, 0.3) is 0 Å². The monoisotopic (exact) mass is 379 g/mol. The number of benzene rings is 3. The van der Waals surface area contributed by atoms with Crippen molar-refractivity contribution in [2.75, 3.05) is 14.2 Å². The van der Waals surface area contributed by atoms with Crippen LogP contribution >= 0.6 is 0 Å². The molecule has 4 rings (SSSR count). The Morgan fingerprint density at radius 2 is 1.75 bits per heavy atom. The van der Waals surface area contributed by atoms with Crippen molar-refractivity contribution in [3.05, 3.63) is 47.5 Å². The van der Waals surface area contributed by atoms with Gasteiger partial charge in [-0.1, -0.05) is 24.3 Å². The van der Waals surface area contributed by atoms with Crippen molar-refractivity contribution in [2.45, 2.75) is 32.4 Å². The lowest BCUT2D eigenvalue weighted by Crippen LogP contribution is -2.36. The van der Waals surface area contributed by atoms with E-state index >= 15 is 0 Å². The standard InChI is InChI=1S/C23H25NO4/c1-12-10-14-8-9-16(23(26)20(14)13(2)24-12)21-15-6-5-7-17(25)22(15)19(28-4)11-18(21)27-3/h5-9,11-13,24-26H,10H2,1-4H3/t12-,13-/m1/s1. The number of fused-ring (bicyclic) bond motifs is 2. The second-order valence-corrected chi connectivity index (χ2v) is 7.38. The summed E-state index contributed by atoms with van der Waals surface area (Å²) in [5, 5.41) is 26.5. The normalized spacial score (nSPS) is 18.7. The predicted octanol–water partition coefficient (Wildman–Crippen LogP) is 4.53. The third-order valence-electron chi connectivity index (χ3n) is 5.58. The average Bonchev–Trinajstić information content (AvgIpc) is 2.67. The smallest absolute Gasteiger partial charge is 0.134 e. The minimum atomic E-state index is 0.0441. The molecule has 5 nitrogen and oxygen atoms in total. The van der Waals surface area contributed by atoms with Crippen LogP contribution in [-0.2, 0) is 6.42 Å². The van der Waals surface area contributed by atoms with Gasteiger partial charge in [-0.25, -0.2) is 0 Å². The number of rotatable bonds is 3. The van der Waals surface area contributed by atoms with Gasteiger partial charge in [0.2, 0.25) is 0 Å². The van der Waals surface area contributed by atoms with Crippen LogP contribution in [0, 0.1) is 0 Å². The minimum absolute atomic E-state index is 0.0441. The second kappa shape index (κ2) is 6.91. The summed E-state index contributed by atoms with van der Waals surface area (Å²) in [5.74, 6) is 1.47. The molecule has 28 heavy (non-hydrogen) atoms. The Labute approximate surface area is 164 Å². The highest BCUT2D eigenvalue weighted by Crippen LogP contribution is 2.49. The Kier molecular flexibility index (Phi) is 4.55. The fourth-order valence-corrected chi connectivity index (χ4v) is 4.41. The van der Waals surface area contributed by atoms with E-state index in [9.17, 15) is 10.2 Å². The zero-order chi connectivity index (χ0) is 20.0. The quantitative estimate of drug-likeness (QED) is 0.624. The number of hydrogen-bond acceptors (Lipinski definition) is 5. The summed E-state index contributed by atoms with van der Waals surface area (Å²) >= 11 is 0. The first-order chi connectivity index (χ1) is 13.5. The van der Waals surface area contributed by atoms with Crippen LogP contribution in [0.4, 0.5) is 0 Å². The molecule has 0 bridgehead atoms. The maximum Gasteiger partial charge on any atom is 0.134 e. The van der Waals surface area contributed by atoms with Gasteiger partial charge in [0.1, 0.15) is 23.0 Å². The van der Waals surface area contributed by atoms with E-state index in [2.05, 4.69) is 25.2 Å². The minimum Gasteiger partial charge on any atom is -0.507 e. The van der Waals surface area contributed by atoms with Gasteiger partial charge >= 0.3 is 0 Å². The highest BCUT2D eigenvalue weighted by molar-refractivity contribution is 6.06. The first kappa shape index (κ1) is 18.4. The molecule has 3 aromatic rings. The lowest BCUT2D eigenvalue weighted by molar-refractivity contribution is 0.396. The molecule has 146 valence electrons. The van der Waals surface area contributed by atoms with Gasteiger partial charge in [0, 0.05) is 40.2 Å². The summed E-state index contributed by atoms with van der Waals surface area (Å²) in [4.78, 5) is 0. The molecular formula is C23H25NO4. The molecule has 3 aromatic carbocycles. The summed E-state index contributed by atoms with van der Waals surface area (Å²) in [7, 11) is 3.15. The molecule has 1 heterocycles. The SMILES string of the molecule is COc1cc(OC)c2c(O)cccc2c1-c1ccc2c(c1O)[C@@H](C)N[C@H](C)C2. The Morgan fingerprint density at radius 3 is 2.46 bits per heavy atom. The third-order valence-corrected chi connectivity index (χ3v) is 5.58. The first-order valence-corrected chi connectivity index (χ1v) is 9.44. The molecule has 0 spiro atoms. The van der Waals surface area contributed by atoms with Gasteiger partial charge in [-0.15, -0.1) is 0 Å². The van der Waals surface area contributed by atoms with Gasteiger partial charge < -0.3 is 25.0 Å². The van der Waals surface area contributed by atoms with Crippen molar-refractivity contribution in [2.24, 2.45) is 0 Å². The van der Waals surface area contributed by atoms with Crippen molar-refractivity contribution < 1.29 is 19.7 Å². The lowest BCUT2D eigenvalue weighted by Gasteiger charge is -2.30. The van der Waals surface area contributed by atoms with E-state index in [1.807, 2.05) is 12.1 Å². The topological polar surface area (TPSA) is 71.0 Å². The molecule has 0 aromatic heterocycles. The Morgan fingerprint density at radius 1 is 1.00 bits per heavy atom. The van der Waals surface area contributed by atoms with Crippen LogP contribution in [0.3, 0.4) is 0 Å². The summed E-state index contributed by atoms with van der Waals surface area (Å²) < 4.78 is 11.1. The molecule has 0 unspecified atom stereocenters. The van der Waals surface area contributed by atoms with E-state index in [-0.39, 0.29) is 17.5 Å². The third kappa shape index (κ3) is 2.74. The largest absolute Gasteiger partial charge is 0.507 e. The van der Waals surface area contributed by atoms with Crippen LogP contribution < -0.4 is 14.8 Å². The van der Waals surface area contributed by atoms with Crippen molar-refractivity contribution >= 4 is 10.8 Å². The second-order valence-electron chi connectivity index (χ2n) is 7.38. The Bertz CT molecular complexity index is 1060. The number of aromatic hydroxyl groups is 2. The summed E-state index contributed by atoms with van der Waals surface area (Å²) in [6, 6.07) is 11.5. The molecule has 1 aliphatic heterocycles. The van der Waals surface area contributed by atoms with E-state index in [1.54, 1.807) is 32.4 Å². The fraction of sp³-hybridized carbons (Fsp3) is 0.304. The molecule has 0 radical (unpaired) electrons. The van der Waals surface area contributed by atoms with E-state index in [0.29, 0.717) is 28.5 Å². The number of phenolic OH excluding ortho intramolecular Hbond substituents is 2. The number of phenols is 2. The molecular weight excluding hydrogens is 354 g/mol. The van der Waals surface area contributed by atoms with E-state index in [1.165, 1.54) is 0 Å². The van der Waals surface area contributed by atoms with Crippen LogP contribution in [0.2, 0.25) is 0 Å². The molecule has 0 aliphatic carbocycles. The van der Waals surface area contributed by atoms with Crippen LogP contribution in [0.25, 0.3) is 21.9 Å². The van der Waals surface area contributed by atoms with Crippen LogP contribution in [0.5, 0.6) is 23.0 Å². The first-order valence-electron chi connectivity index (χ1n) is 9.44. The predicted molar refractivity (Wildman–Crippen MR) is 111 cm³/mol. The number of methoxy groups -OCH3 is 2. The van der Waals surface area contributed by atoms with Crippen molar-refractivity contribution in [3.8, 4) is 34.1 Å². The summed E-state index contributed by atoms with van der Waals surface area (Å²) in [6.07, 6.45) is 0.870. The maximum atomic E-state index is 11.2. The lowest BCUT2D eigenvalue weighted by atomic mass is 9.86. The van der Waals surface area contributed by atoms with Gasteiger partial charge in [0.05, 0.1) is 19.6 Å². The zero-order valence-corrected chi connectivity index (χ0v) is 16.5. The van der Waals surface area contributed by atoms with E-state index < -0.39 is 0 Å². The average molecular weight is 379 g/mol. The van der Waals surface area contributed by atoms with Gasteiger partial charge in [0.15, 0.2) is 0 Å². The van der Waals surface area contributed by atoms with Gasteiger partial charge in [-0.3, -0.25) is 0 Å². The molecule has 0 saturated carbocycles. The number of nitrogens with one attached hydrogen (secondary N) is 1. The Balaban J connectivity index is 2.06. The molecule has 3 N–H and O–H groups in total. The Hall–Kier alpha value is -2.92. The highest BCUT2D eigenvalue weighted by atomic mass is 16.5. The van der Waals surface area contributed by atoms with Crippen molar-refractivity contribution in [1.29, 1.82) is 0 Å². The molecule has 2 atom stereocenters. The zero-order valence-electron chi connectivity index (χ0n) is 16.5. The highest BCUT2D eigenvalue weighted by Gasteiger charge is 2.27. The van der Waals surface area contributed by atoms with Crippen LogP contribution in [-0.4, -0.2) is 30.5 Å². The van der Waals surface area contributed by atoms with Crippen LogP contribution in [0.1, 0.15) is 31.0 Å². The number of ether oxygens (including phenoxy) is 2. The van der Waals surface area contributed by atoms with E-state index in [0.717, 1.165) is 28.5 Å². The van der Waals surface area contributed by atoms with Crippen molar-refractivity contribution in [3.63, 3.8) is 0 Å². The molecule has 0 fully saturated rings. The maximum absolute atomic E-state index is 11.2. The fourth-order valence-electron chi connectivity index (χ4n) is 4.41. The number of hydrogen-bond donors (Lipinski definition) is 3. The summed E-state index contributed by atoms with van der Waals surface area (Å²) in [5.41, 5.74) is 3.48. The summed E-state index contributed by atoms with van der Waals surface area (Å²) in [6.45, 7) is 4.21. The molecule has 5 heteroatoms. The van der Waals surface area contributed by atoms with Gasteiger partial charge in [-0.05, 0) is 31.9 Å². The molecule has 0 amide bonds. The molecule has 0 saturated heterocycles. The van der Waals surface area contributed by atoms with E-state index in [4.69, 9.17) is 9.47 Å². The van der Waals surface area contributed by atoms with Crippen LogP contribution in [0.15, 0.2) is 36.4 Å². The molecule has 1 aliphatic rings. The van der Waals surface area contributed by atoms with Crippen molar-refractivity contribution in [1.82, 2.24) is 5.32 Å².